The second kappa shape index (κ2) is 4.53. The van der Waals surface area contributed by atoms with E-state index in [1.807, 2.05) is 30.3 Å². The third-order valence-corrected chi connectivity index (χ3v) is 3.47. The van der Waals surface area contributed by atoms with Gasteiger partial charge in [-0.1, -0.05) is 30.0 Å². The maximum absolute atomic E-state index is 11.3. The van der Waals surface area contributed by atoms with Gasteiger partial charge in [0.05, 0.1) is 0 Å². The first kappa shape index (κ1) is 10.3. The van der Waals surface area contributed by atoms with Gasteiger partial charge in [0.2, 0.25) is 0 Å². The molecule has 0 fully saturated rings. The van der Waals surface area contributed by atoms with Gasteiger partial charge in [-0.3, -0.25) is 4.79 Å². The number of ketones is 1. The number of hydrogen-bond acceptors (Lipinski definition) is 3. The summed E-state index contributed by atoms with van der Waals surface area (Å²) in [4.78, 5) is 13.1. The molecule has 0 aromatic heterocycles. The molecule has 2 rings (SSSR count). The topological polar surface area (TPSA) is 37.3 Å². The lowest BCUT2D eigenvalue weighted by molar-refractivity contribution is -0.118. The van der Waals surface area contributed by atoms with Gasteiger partial charge in [0.1, 0.15) is 0 Å². The van der Waals surface area contributed by atoms with Crippen LogP contribution >= 0.6 is 11.8 Å². The first-order valence-corrected chi connectivity index (χ1v) is 5.77. The number of Topliss-reactive ketones (excluding diaryl/α,β-unsaturated/α-hetero) is 1. The molecular formula is C12H12O2S. The summed E-state index contributed by atoms with van der Waals surface area (Å²) in [5.41, 5.74) is 0. The van der Waals surface area contributed by atoms with Crippen LogP contribution in [-0.4, -0.2) is 10.9 Å². The molecule has 1 N–H and O–H groups in total. The summed E-state index contributed by atoms with van der Waals surface area (Å²) in [7, 11) is 0. The van der Waals surface area contributed by atoms with E-state index >= 15 is 0 Å². The minimum absolute atomic E-state index is 0.0323. The molecule has 0 heterocycles. The maximum atomic E-state index is 11.3. The fourth-order valence-corrected chi connectivity index (χ4v) is 2.57. The Morgan fingerprint density at radius 1 is 1.13 bits per heavy atom. The summed E-state index contributed by atoms with van der Waals surface area (Å²) in [5, 5.41) is 9.61. The smallest absolute Gasteiger partial charge is 0.197 e. The zero-order valence-corrected chi connectivity index (χ0v) is 9.09. The standard InChI is InChI=1S/C12H12O2S/c13-10-7-4-8-11(12(10)14)15-9-5-2-1-3-6-9/h1-3,5-6,14H,4,7-8H2. The SMILES string of the molecule is O=C1CCCC(Sc2ccccc2)=C1O. The van der Waals surface area contributed by atoms with E-state index in [0.29, 0.717) is 6.42 Å². The molecule has 0 unspecified atom stereocenters. The van der Waals surface area contributed by atoms with Gasteiger partial charge in [-0.25, -0.2) is 0 Å². The third kappa shape index (κ3) is 2.42. The summed E-state index contributed by atoms with van der Waals surface area (Å²) < 4.78 is 0. The number of hydrogen-bond donors (Lipinski definition) is 1. The van der Waals surface area contributed by atoms with Crippen LogP contribution in [0.25, 0.3) is 0 Å². The van der Waals surface area contributed by atoms with Crippen molar-refractivity contribution in [3.05, 3.63) is 41.0 Å². The number of carbonyl (C=O) groups is 1. The van der Waals surface area contributed by atoms with Crippen molar-refractivity contribution in [1.82, 2.24) is 0 Å². The van der Waals surface area contributed by atoms with E-state index in [1.165, 1.54) is 11.8 Å². The molecule has 78 valence electrons. The van der Waals surface area contributed by atoms with Crippen molar-refractivity contribution in [1.29, 1.82) is 0 Å². The first-order valence-electron chi connectivity index (χ1n) is 4.95. The van der Waals surface area contributed by atoms with Crippen molar-refractivity contribution in [2.75, 3.05) is 0 Å². The molecule has 3 heteroatoms. The number of carbonyl (C=O) groups excluding carboxylic acids is 1. The van der Waals surface area contributed by atoms with E-state index in [4.69, 9.17) is 0 Å². The molecule has 0 spiro atoms. The van der Waals surface area contributed by atoms with Crippen LogP contribution in [0.3, 0.4) is 0 Å². The second-order valence-corrected chi connectivity index (χ2v) is 4.63. The molecule has 0 amide bonds. The van der Waals surface area contributed by atoms with Gasteiger partial charge >= 0.3 is 0 Å². The van der Waals surface area contributed by atoms with Crippen LogP contribution in [0.4, 0.5) is 0 Å². The molecule has 1 aromatic rings. The Bertz CT molecular complexity index is 395. The van der Waals surface area contributed by atoms with Gasteiger partial charge in [-0.15, -0.1) is 0 Å². The molecule has 0 saturated heterocycles. The second-order valence-electron chi connectivity index (χ2n) is 3.46. The largest absolute Gasteiger partial charge is 0.504 e. The van der Waals surface area contributed by atoms with E-state index in [9.17, 15) is 9.90 Å². The average molecular weight is 220 g/mol. The van der Waals surface area contributed by atoms with Gasteiger partial charge in [0, 0.05) is 16.2 Å². The summed E-state index contributed by atoms with van der Waals surface area (Å²) in [6.07, 6.45) is 2.12. The molecule has 15 heavy (non-hydrogen) atoms. The molecule has 1 aliphatic carbocycles. The van der Waals surface area contributed by atoms with Gasteiger partial charge in [-0.2, -0.15) is 0 Å². The van der Waals surface area contributed by atoms with Crippen molar-refractivity contribution in [2.24, 2.45) is 0 Å². The zero-order valence-electron chi connectivity index (χ0n) is 8.27. The quantitative estimate of drug-likeness (QED) is 0.830. The summed E-state index contributed by atoms with van der Waals surface area (Å²) >= 11 is 1.49. The van der Waals surface area contributed by atoms with E-state index in [2.05, 4.69) is 0 Å². The fourth-order valence-electron chi connectivity index (χ4n) is 1.53. The Hall–Kier alpha value is -1.22. The van der Waals surface area contributed by atoms with Crippen LogP contribution in [0, 0.1) is 0 Å². The minimum atomic E-state index is -0.125. The van der Waals surface area contributed by atoms with Crippen molar-refractivity contribution in [3.63, 3.8) is 0 Å². The Balaban J connectivity index is 2.18. The maximum Gasteiger partial charge on any atom is 0.197 e. The zero-order chi connectivity index (χ0) is 10.7. The molecule has 0 saturated carbocycles. The molecule has 1 aromatic carbocycles. The number of thioether (sulfide) groups is 1. The van der Waals surface area contributed by atoms with Crippen LogP contribution in [0.5, 0.6) is 0 Å². The van der Waals surface area contributed by atoms with Gasteiger partial charge in [0.15, 0.2) is 11.5 Å². The number of aliphatic hydroxyl groups is 1. The monoisotopic (exact) mass is 220 g/mol. The van der Waals surface area contributed by atoms with Crippen LogP contribution in [0.2, 0.25) is 0 Å². The van der Waals surface area contributed by atoms with E-state index < -0.39 is 0 Å². The average Bonchev–Trinajstić information content (AvgIpc) is 2.26. The van der Waals surface area contributed by atoms with Gasteiger partial charge in [-0.05, 0) is 25.0 Å². The fraction of sp³-hybridized carbons (Fsp3) is 0.250. The molecule has 0 bridgehead atoms. The summed E-state index contributed by atoms with van der Waals surface area (Å²) in [5.74, 6) is -0.158. The van der Waals surface area contributed by atoms with Gasteiger partial charge in [0.25, 0.3) is 0 Å². The molecule has 0 radical (unpaired) electrons. The van der Waals surface area contributed by atoms with Crippen LogP contribution in [-0.2, 0) is 4.79 Å². The Labute approximate surface area is 93.0 Å². The summed E-state index contributed by atoms with van der Waals surface area (Å²) in [6.45, 7) is 0. The number of benzene rings is 1. The Morgan fingerprint density at radius 2 is 1.87 bits per heavy atom. The Morgan fingerprint density at radius 3 is 2.60 bits per heavy atom. The number of aliphatic hydroxyl groups excluding tert-OH is 1. The predicted molar refractivity (Wildman–Crippen MR) is 60.8 cm³/mol. The normalized spacial score (nSPS) is 16.9. The van der Waals surface area contributed by atoms with E-state index in [-0.39, 0.29) is 11.5 Å². The van der Waals surface area contributed by atoms with E-state index in [1.54, 1.807) is 0 Å². The lowest BCUT2D eigenvalue weighted by Crippen LogP contribution is -2.09. The number of rotatable bonds is 2. The predicted octanol–water partition coefficient (Wildman–Crippen LogP) is 3.30. The van der Waals surface area contributed by atoms with Crippen molar-refractivity contribution < 1.29 is 9.90 Å². The third-order valence-electron chi connectivity index (χ3n) is 2.32. The van der Waals surface area contributed by atoms with Crippen LogP contribution < -0.4 is 0 Å². The highest BCUT2D eigenvalue weighted by atomic mass is 32.2. The van der Waals surface area contributed by atoms with Crippen LogP contribution in [0.1, 0.15) is 19.3 Å². The minimum Gasteiger partial charge on any atom is -0.504 e. The molecule has 0 aliphatic heterocycles. The number of allylic oxidation sites excluding steroid dienone is 2. The van der Waals surface area contributed by atoms with Crippen molar-refractivity contribution >= 4 is 17.5 Å². The highest BCUT2D eigenvalue weighted by molar-refractivity contribution is 8.03. The van der Waals surface area contributed by atoms with Crippen molar-refractivity contribution in [3.8, 4) is 0 Å². The summed E-state index contributed by atoms with van der Waals surface area (Å²) in [6, 6.07) is 9.80. The van der Waals surface area contributed by atoms with Crippen LogP contribution in [0.15, 0.2) is 45.9 Å². The molecule has 2 nitrogen and oxygen atoms in total. The highest BCUT2D eigenvalue weighted by Crippen LogP contribution is 2.34. The molecule has 1 aliphatic rings. The lowest BCUT2D eigenvalue weighted by Gasteiger charge is -2.14. The Kier molecular flexibility index (Phi) is 3.11. The lowest BCUT2D eigenvalue weighted by atomic mass is 10.1. The highest BCUT2D eigenvalue weighted by Gasteiger charge is 2.20. The van der Waals surface area contributed by atoms with Gasteiger partial charge < -0.3 is 5.11 Å². The molecule has 0 atom stereocenters. The van der Waals surface area contributed by atoms with Crippen molar-refractivity contribution in [2.45, 2.75) is 24.2 Å². The molecular weight excluding hydrogens is 208 g/mol. The first-order chi connectivity index (χ1) is 7.27. The van der Waals surface area contributed by atoms with E-state index in [0.717, 1.165) is 22.6 Å².